The van der Waals surface area contributed by atoms with E-state index in [9.17, 15) is 4.79 Å². The third-order valence-corrected chi connectivity index (χ3v) is 5.14. The molecule has 106 valence electrons. The summed E-state index contributed by atoms with van der Waals surface area (Å²) < 4.78 is 5.36. The van der Waals surface area contributed by atoms with Gasteiger partial charge in [0, 0.05) is 16.2 Å². The largest absolute Gasteiger partial charge is 0.494 e. The van der Waals surface area contributed by atoms with Crippen molar-refractivity contribution in [3.63, 3.8) is 0 Å². The van der Waals surface area contributed by atoms with Crippen molar-refractivity contribution in [3.8, 4) is 5.75 Å². The molecule has 0 saturated carbocycles. The first kappa shape index (κ1) is 16.5. The van der Waals surface area contributed by atoms with E-state index in [1.165, 1.54) is 0 Å². The fourth-order valence-electron chi connectivity index (χ4n) is 1.56. The van der Waals surface area contributed by atoms with Crippen LogP contribution < -0.4 is 10.1 Å². The molecule has 0 heterocycles. The maximum Gasteiger partial charge on any atom is 0.251 e. The van der Waals surface area contributed by atoms with Gasteiger partial charge in [-0.15, -0.1) is 0 Å². The molecule has 1 N–H and O–H groups in total. The molecule has 0 aliphatic carbocycles. The van der Waals surface area contributed by atoms with Crippen molar-refractivity contribution in [2.75, 3.05) is 17.3 Å². The fraction of sp³-hybridized carbons (Fsp3) is 0.500. The van der Waals surface area contributed by atoms with Crippen LogP contribution in [-0.2, 0) is 0 Å². The van der Waals surface area contributed by atoms with Gasteiger partial charge in [0.25, 0.3) is 5.91 Å². The summed E-state index contributed by atoms with van der Waals surface area (Å²) in [6, 6.07) is 7.19. The van der Waals surface area contributed by atoms with Crippen molar-refractivity contribution in [2.24, 2.45) is 0 Å². The van der Waals surface area contributed by atoms with Gasteiger partial charge in [0.1, 0.15) is 5.75 Å². The predicted molar refractivity (Wildman–Crippen MR) is 85.7 cm³/mol. The summed E-state index contributed by atoms with van der Waals surface area (Å²) in [4.78, 5) is 12.2. The van der Waals surface area contributed by atoms with Crippen LogP contribution in [0.3, 0.4) is 0 Å². The van der Waals surface area contributed by atoms with Gasteiger partial charge >= 0.3 is 0 Å². The minimum atomic E-state index is -0.254. The van der Waals surface area contributed by atoms with E-state index in [2.05, 4.69) is 44.1 Å². The van der Waals surface area contributed by atoms with Crippen LogP contribution in [0.5, 0.6) is 5.75 Å². The van der Waals surface area contributed by atoms with Gasteiger partial charge in [0.15, 0.2) is 0 Å². The van der Waals surface area contributed by atoms with E-state index in [1.54, 1.807) is 12.1 Å². The van der Waals surface area contributed by atoms with Crippen molar-refractivity contribution in [1.82, 2.24) is 5.32 Å². The smallest absolute Gasteiger partial charge is 0.251 e. The van der Waals surface area contributed by atoms with Crippen LogP contribution in [-0.4, -0.2) is 28.7 Å². The summed E-state index contributed by atoms with van der Waals surface area (Å²) in [5.74, 6) is 0.714. The monoisotopic (exact) mass is 391 g/mol. The highest BCUT2D eigenvalue weighted by molar-refractivity contribution is 9.09. The van der Waals surface area contributed by atoms with Crippen LogP contribution in [0.15, 0.2) is 24.3 Å². The molecule has 0 saturated heterocycles. The first-order valence-electron chi connectivity index (χ1n) is 6.28. The zero-order valence-corrected chi connectivity index (χ0v) is 14.4. The molecule has 0 spiro atoms. The highest BCUT2D eigenvalue weighted by atomic mass is 79.9. The summed E-state index contributed by atoms with van der Waals surface area (Å²) in [7, 11) is 0. The highest BCUT2D eigenvalue weighted by Crippen LogP contribution is 2.18. The van der Waals surface area contributed by atoms with Gasteiger partial charge in [-0.3, -0.25) is 4.79 Å². The molecule has 0 aromatic heterocycles. The Labute approximate surface area is 131 Å². The van der Waals surface area contributed by atoms with Crippen molar-refractivity contribution >= 4 is 37.8 Å². The third kappa shape index (κ3) is 4.49. The summed E-state index contributed by atoms with van der Waals surface area (Å²) >= 11 is 6.92. The van der Waals surface area contributed by atoms with E-state index in [0.717, 1.165) is 12.2 Å². The summed E-state index contributed by atoms with van der Waals surface area (Å²) in [6.45, 7) is 4.61. The lowest BCUT2D eigenvalue weighted by molar-refractivity contribution is 0.0915. The van der Waals surface area contributed by atoms with E-state index < -0.39 is 0 Å². The van der Waals surface area contributed by atoms with Crippen LogP contribution in [0.2, 0.25) is 0 Å². The van der Waals surface area contributed by atoms with E-state index in [-0.39, 0.29) is 11.4 Å². The Balaban J connectivity index is 2.77. The number of hydrogen-bond donors (Lipinski definition) is 1. The zero-order chi connectivity index (χ0) is 14.3. The van der Waals surface area contributed by atoms with Gasteiger partial charge in [0.2, 0.25) is 0 Å². The summed E-state index contributed by atoms with van der Waals surface area (Å²) in [6.07, 6.45) is 0.853. The topological polar surface area (TPSA) is 38.3 Å². The summed E-state index contributed by atoms with van der Waals surface area (Å²) in [5.41, 5.74) is 0.388. The first-order chi connectivity index (χ1) is 9.10. The molecule has 0 aliphatic rings. The second-order valence-electron chi connectivity index (χ2n) is 4.31. The van der Waals surface area contributed by atoms with Crippen LogP contribution in [0, 0.1) is 0 Å². The van der Waals surface area contributed by atoms with Gasteiger partial charge in [0.05, 0.1) is 12.1 Å². The lowest BCUT2D eigenvalue weighted by atomic mass is 10.0. The number of hydrogen-bond acceptors (Lipinski definition) is 2. The normalized spacial score (nSPS) is 11.2. The molecular formula is C14H19Br2NO2. The molecule has 1 rings (SSSR count). The molecule has 5 heteroatoms. The number of halogens is 2. The Kier molecular flexibility index (Phi) is 6.86. The number of carbonyl (C=O) groups is 1. The molecule has 1 aromatic carbocycles. The van der Waals surface area contributed by atoms with Crippen LogP contribution >= 0.6 is 31.9 Å². The molecule has 0 bridgehead atoms. The number of rotatable bonds is 7. The highest BCUT2D eigenvalue weighted by Gasteiger charge is 2.27. The second-order valence-corrected chi connectivity index (χ2v) is 5.43. The number of benzene rings is 1. The van der Waals surface area contributed by atoms with Gasteiger partial charge in [-0.25, -0.2) is 0 Å². The SMILES string of the molecule is CCOc1ccc(C(=O)NC(CC)(CBr)CBr)cc1. The molecule has 1 amide bonds. The molecule has 0 atom stereocenters. The van der Waals surface area contributed by atoms with Gasteiger partial charge in [-0.1, -0.05) is 38.8 Å². The minimum absolute atomic E-state index is 0.0659. The van der Waals surface area contributed by atoms with E-state index in [0.29, 0.717) is 22.8 Å². The number of ether oxygens (including phenoxy) is 1. The Bertz CT molecular complexity index is 394. The Morgan fingerprint density at radius 3 is 2.21 bits per heavy atom. The molecule has 0 fully saturated rings. The maximum atomic E-state index is 12.2. The predicted octanol–water partition coefficient (Wildman–Crippen LogP) is 3.75. The van der Waals surface area contributed by atoms with Gasteiger partial charge < -0.3 is 10.1 Å². The minimum Gasteiger partial charge on any atom is -0.494 e. The first-order valence-corrected chi connectivity index (χ1v) is 8.52. The lowest BCUT2D eigenvalue weighted by Crippen LogP contribution is -2.51. The zero-order valence-electron chi connectivity index (χ0n) is 11.2. The number of alkyl halides is 2. The van der Waals surface area contributed by atoms with Crippen molar-refractivity contribution in [1.29, 1.82) is 0 Å². The van der Waals surface area contributed by atoms with Crippen molar-refractivity contribution in [3.05, 3.63) is 29.8 Å². The average Bonchev–Trinajstić information content (AvgIpc) is 2.46. The Hall–Kier alpha value is -0.550. The average molecular weight is 393 g/mol. The number of amides is 1. The van der Waals surface area contributed by atoms with Crippen molar-refractivity contribution < 1.29 is 9.53 Å². The maximum absolute atomic E-state index is 12.2. The molecule has 3 nitrogen and oxygen atoms in total. The molecule has 0 aliphatic heterocycles. The second kappa shape index (κ2) is 7.90. The molecule has 1 aromatic rings. The Morgan fingerprint density at radius 2 is 1.79 bits per heavy atom. The summed E-state index contributed by atoms with van der Waals surface area (Å²) in [5, 5.41) is 4.50. The van der Waals surface area contributed by atoms with Crippen LogP contribution in [0.4, 0.5) is 0 Å². The molecule has 0 radical (unpaired) electrons. The lowest BCUT2D eigenvalue weighted by Gasteiger charge is -2.30. The molecule has 0 unspecified atom stereocenters. The van der Waals surface area contributed by atoms with E-state index in [1.807, 2.05) is 19.1 Å². The van der Waals surface area contributed by atoms with Crippen LogP contribution in [0.1, 0.15) is 30.6 Å². The van der Waals surface area contributed by atoms with Crippen molar-refractivity contribution in [2.45, 2.75) is 25.8 Å². The Morgan fingerprint density at radius 1 is 1.21 bits per heavy atom. The quantitative estimate of drug-likeness (QED) is 0.717. The van der Waals surface area contributed by atoms with Gasteiger partial charge in [-0.05, 0) is 37.6 Å². The standard InChI is InChI=1S/C14H19Br2NO2/c1-3-14(9-15,10-16)17-13(18)11-5-7-12(8-6-11)19-4-2/h5-8H,3-4,9-10H2,1-2H3,(H,17,18). The fourth-order valence-corrected chi connectivity index (χ4v) is 3.56. The van der Waals surface area contributed by atoms with Crippen LogP contribution in [0.25, 0.3) is 0 Å². The number of nitrogens with one attached hydrogen (secondary N) is 1. The molecular weight excluding hydrogens is 374 g/mol. The third-order valence-electron chi connectivity index (χ3n) is 2.99. The van der Waals surface area contributed by atoms with E-state index >= 15 is 0 Å². The van der Waals surface area contributed by atoms with E-state index in [4.69, 9.17) is 4.74 Å². The number of carbonyl (C=O) groups excluding carboxylic acids is 1. The van der Waals surface area contributed by atoms with Gasteiger partial charge in [-0.2, -0.15) is 0 Å². The molecule has 19 heavy (non-hydrogen) atoms.